The van der Waals surface area contributed by atoms with Gasteiger partial charge in [-0.2, -0.15) is 0 Å². The summed E-state index contributed by atoms with van der Waals surface area (Å²) in [7, 11) is 1.66. The maximum Gasteiger partial charge on any atom is 0.242 e. The first-order valence-electron chi connectivity index (χ1n) is 7.58. The van der Waals surface area contributed by atoms with Crippen molar-refractivity contribution in [3.05, 3.63) is 0 Å². The van der Waals surface area contributed by atoms with Crippen molar-refractivity contribution in [2.45, 2.75) is 18.9 Å². The second-order valence-corrected chi connectivity index (χ2v) is 5.51. The lowest BCUT2D eigenvalue weighted by Crippen LogP contribution is -2.47. The van der Waals surface area contributed by atoms with Crippen LogP contribution in [0.2, 0.25) is 0 Å². The highest BCUT2D eigenvalue weighted by Crippen LogP contribution is 2.10. The summed E-state index contributed by atoms with van der Waals surface area (Å²) in [6.45, 7) is 4.24. The van der Waals surface area contributed by atoms with Gasteiger partial charge in [-0.05, 0) is 12.8 Å². The van der Waals surface area contributed by atoms with Crippen molar-refractivity contribution in [3.8, 4) is 0 Å². The Balaban J connectivity index is 0.00000242. The zero-order valence-corrected chi connectivity index (χ0v) is 13.9. The third-order valence-electron chi connectivity index (χ3n) is 3.83. The molecule has 1 atom stereocenters. The number of halogens is 1. The van der Waals surface area contributed by atoms with Gasteiger partial charge >= 0.3 is 0 Å². The van der Waals surface area contributed by atoms with Crippen LogP contribution in [0.15, 0.2) is 0 Å². The van der Waals surface area contributed by atoms with Gasteiger partial charge in [0.1, 0.15) is 0 Å². The SMILES string of the molecule is CN(CC(=O)N1CCOCC1)C(=O)CNCC1CCCO1.Cl. The van der Waals surface area contributed by atoms with E-state index < -0.39 is 0 Å². The number of morpholine rings is 1. The largest absolute Gasteiger partial charge is 0.378 e. The summed E-state index contributed by atoms with van der Waals surface area (Å²) in [4.78, 5) is 27.2. The molecule has 0 aromatic heterocycles. The fraction of sp³-hybridized carbons (Fsp3) is 0.857. The molecule has 2 saturated heterocycles. The van der Waals surface area contributed by atoms with Crippen LogP contribution in [0.1, 0.15) is 12.8 Å². The van der Waals surface area contributed by atoms with E-state index >= 15 is 0 Å². The second-order valence-electron chi connectivity index (χ2n) is 5.51. The number of nitrogens with zero attached hydrogens (tertiary/aromatic N) is 2. The fourth-order valence-electron chi connectivity index (χ4n) is 2.48. The molecular formula is C14H26ClN3O4. The number of hydrogen-bond acceptors (Lipinski definition) is 5. The van der Waals surface area contributed by atoms with E-state index in [-0.39, 0.29) is 43.4 Å². The Bertz CT molecular complexity index is 358. The standard InChI is InChI=1S/C14H25N3O4.ClH/c1-16(11-14(19)17-4-7-20-8-5-17)13(18)10-15-9-12-3-2-6-21-12;/h12,15H,2-11H2,1H3;1H. The zero-order valence-electron chi connectivity index (χ0n) is 13.1. The molecule has 7 nitrogen and oxygen atoms in total. The molecule has 2 amide bonds. The fourth-order valence-corrected chi connectivity index (χ4v) is 2.48. The molecule has 0 saturated carbocycles. The smallest absolute Gasteiger partial charge is 0.242 e. The first-order chi connectivity index (χ1) is 10.2. The van der Waals surface area contributed by atoms with Crippen LogP contribution in [-0.2, 0) is 19.1 Å². The summed E-state index contributed by atoms with van der Waals surface area (Å²) < 4.78 is 10.7. The number of amides is 2. The van der Waals surface area contributed by atoms with Gasteiger partial charge in [0.05, 0.1) is 32.4 Å². The number of carbonyl (C=O) groups excluding carboxylic acids is 2. The molecule has 0 aliphatic carbocycles. The average molecular weight is 336 g/mol. The summed E-state index contributed by atoms with van der Waals surface area (Å²) in [6, 6.07) is 0. The molecule has 0 spiro atoms. The molecule has 0 radical (unpaired) electrons. The predicted octanol–water partition coefficient (Wildman–Crippen LogP) is -0.506. The summed E-state index contributed by atoms with van der Waals surface area (Å²) in [5, 5.41) is 3.10. The highest BCUT2D eigenvalue weighted by molar-refractivity contribution is 5.85. The molecule has 2 heterocycles. The van der Waals surface area contributed by atoms with Crippen LogP contribution in [0, 0.1) is 0 Å². The Morgan fingerprint density at radius 3 is 2.64 bits per heavy atom. The molecule has 8 heteroatoms. The number of carbonyl (C=O) groups is 2. The lowest BCUT2D eigenvalue weighted by Gasteiger charge is -2.28. The Labute approximate surface area is 137 Å². The third kappa shape index (κ3) is 6.08. The topological polar surface area (TPSA) is 71.1 Å². The average Bonchev–Trinajstić information content (AvgIpc) is 3.01. The van der Waals surface area contributed by atoms with Crippen LogP contribution in [0.25, 0.3) is 0 Å². The van der Waals surface area contributed by atoms with E-state index in [0.717, 1.165) is 19.4 Å². The minimum atomic E-state index is -0.0744. The molecule has 2 fully saturated rings. The second kappa shape index (κ2) is 9.99. The number of likely N-dealkylation sites (N-methyl/N-ethyl adjacent to an activating group) is 1. The van der Waals surface area contributed by atoms with Gasteiger partial charge in [-0.1, -0.05) is 0 Å². The Kier molecular flexibility index (Phi) is 8.70. The third-order valence-corrected chi connectivity index (χ3v) is 3.83. The predicted molar refractivity (Wildman–Crippen MR) is 84.1 cm³/mol. The van der Waals surface area contributed by atoms with Crippen molar-refractivity contribution in [2.75, 3.05) is 59.6 Å². The Morgan fingerprint density at radius 1 is 1.27 bits per heavy atom. The molecule has 0 aromatic rings. The summed E-state index contributed by atoms with van der Waals surface area (Å²) in [5.74, 6) is -0.0946. The number of rotatable bonds is 6. The van der Waals surface area contributed by atoms with Crippen molar-refractivity contribution in [1.29, 1.82) is 0 Å². The van der Waals surface area contributed by atoms with Crippen LogP contribution in [-0.4, -0.2) is 87.3 Å². The van der Waals surface area contributed by atoms with Crippen LogP contribution >= 0.6 is 12.4 Å². The highest BCUT2D eigenvalue weighted by Gasteiger charge is 2.21. The van der Waals surface area contributed by atoms with Gasteiger partial charge in [0.15, 0.2) is 0 Å². The van der Waals surface area contributed by atoms with Gasteiger partial charge in [-0.15, -0.1) is 12.4 Å². The molecule has 2 aliphatic heterocycles. The molecule has 0 bridgehead atoms. The van der Waals surface area contributed by atoms with Gasteiger partial charge < -0.3 is 24.6 Å². The van der Waals surface area contributed by atoms with Crippen molar-refractivity contribution < 1.29 is 19.1 Å². The maximum absolute atomic E-state index is 12.0. The van der Waals surface area contributed by atoms with Crippen molar-refractivity contribution in [2.24, 2.45) is 0 Å². The molecule has 0 aromatic carbocycles. The minimum Gasteiger partial charge on any atom is -0.378 e. The molecule has 1 N–H and O–H groups in total. The zero-order chi connectivity index (χ0) is 15.1. The van der Waals surface area contributed by atoms with Crippen LogP contribution in [0.5, 0.6) is 0 Å². The molecule has 2 rings (SSSR count). The number of ether oxygens (including phenoxy) is 2. The van der Waals surface area contributed by atoms with Gasteiger partial charge in [-0.25, -0.2) is 0 Å². The summed E-state index contributed by atoms with van der Waals surface area (Å²) >= 11 is 0. The molecule has 128 valence electrons. The first kappa shape index (κ1) is 19.2. The number of hydrogen-bond donors (Lipinski definition) is 1. The van der Waals surface area contributed by atoms with E-state index in [0.29, 0.717) is 32.8 Å². The van der Waals surface area contributed by atoms with Crippen LogP contribution in [0.4, 0.5) is 0 Å². The van der Waals surface area contributed by atoms with E-state index in [2.05, 4.69) is 5.32 Å². The van der Waals surface area contributed by atoms with E-state index in [1.165, 1.54) is 4.90 Å². The van der Waals surface area contributed by atoms with Crippen molar-refractivity contribution in [1.82, 2.24) is 15.1 Å². The van der Waals surface area contributed by atoms with Gasteiger partial charge in [0.2, 0.25) is 11.8 Å². The van der Waals surface area contributed by atoms with E-state index in [1.54, 1.807) is 11.9 Å². The maximum atomic E-state index is 12.0. The van der Waals surface area contributed by atoms with Crippen LogP contribution in [0.3, 0.4) is 0 Å². The lowest BCUT2D eigenvalue weighted by atomic mass is 10.2. The normalized spacial score (nSPS) is 21.3. The highest BCUT2D eigenvalue weighted by atomic mass is 35.5. The first-order valence-corrected chi connectivity index (χ1v) is 7.58. The Morgan fingerprint density at radius 2 is 2.00 bits per heavy atom. The van der Waals surface area contributed by atoms with Gasteiger partial charge in [0, 0.05) is 33.3 Å². The van der Waals surface area contributed by atoms with Crippen LogP contribution < -0.4 is 5.32 Å². The van der Waals surface area contributed by atoms with Crippen molar-refractivity contribution in [3.63, 3.8) is 0 Å². The molecular weight excluding hydrogens is 310 g/mol. The molecule has 2 aliphatic rings. The molecule has 22 heavy (non-hydrogen) atoms. The molecule has 1 unspecified atom stereocenters. The van der Waals surface area contributed by atoms with Gasteiger partial charge in [-0.3, -0.25) is 9.59 Å². The quantitative estimate of drug-likeness (QED) is 0.708. The van der Waals surface area contributed by atoms with Crippen molar-refractivity contribution >= 4 is 24.2 Å². The monoisotopic (exact) mass is 335 g/mol. The van der Waals surface area contributed by atoms with E-state index in [4.69, 9.17) is 9.47 Å². The lowest BCUT2D eigenvalue weighted by molar-refractivity contribution is -0.141. The summed E-state index contributed by atoms with van der Waals surface area (Å²) in [5.41, 5.74) is 0. The number of nitrogens with one attached hydrogen (secondary N) is 1. The van der Waals surface area contributed by atoms with E-state index in [9.17, 15) is 9.59 Å². The van der Waals surface area contributed by atoms with Gasteiger partial charge in [0.25, 0.3) is 0 Å². The summed E-state index contributed by atoms with van der Waals surface area (Å²) in [6.07, 6.45) is 2.36. The minimum absolute atomic E-state index is 0. The Hall–Kier alpha value is -0.890. The van der Waals surface area contributed by atoms with E-state index in [1.807, 2.05) is 0 Å².